The Morgan fingerprint density at radius 2 is 1.83 bits per heavy atom. The molecule has 0 aliphatic carbocycles. The molecule has 0 radical (unpaired) electrons. The van der Waals surface area contributed by atoms with Crippen LogP contribution < -0.4 is 5.32 Å². The molecule has 0 aliphatic rings. The average Bonchev–Trinajstić information content (AvgIpc) is 2.94. The highest BCUT2D eigenvalue weighted by molar-refractivity contribution is 6.03. The van der Waals surface area contributed by atoms with Gasteiger partial charge in [-0.1, -0.05) is 24.3 Å². The highest BCUT2D eigenvalue weighted by Crippen LogP contribution is 2.17. The maximum Gasteiger partial charge on any atom is 0.278 e. The van der Waals surface area contributed by atoms with Crippen LogP contribution in [0.1, 0.15) is 21.7 Å². The zero-order valence-electron chi connectivity index (χ0n) is 12.7. The Morgan fingerprint density at radius 3 is 2.57 bits per heavy atom. The van der Waals surface area contributed by atoms with Crippen molar-refractivity contribution in [3.8, 4) is 5.69 Å². The first-order valence-electron chi connectivity index (χ1n) is 7.11. The Labute approximate surface area is 132 Å². The number of rotatable bonds is 3. The van der Waals surface area contributed by atoms with Gasteiger partial charge in [0.15, 0.2) is 5.69 Å². The quantitative estimate of drug-likeness (QED) is 0.807. The molecule has 0 saturated heterocycles. The maximum atomic E-state index is 13.3. The van der Waals surface area contributed by atoms with Crippen LogP contribution in [0.2, 0.25) is 0 Å². The molecular formula is C17H15FN4O. The molecule has 0 unspecified atom stereocenters. The van der Waals surface area contributed by atoms with Gasteiger partial charge in [-0.05, 0) is 43.7 Å². The zero-order valence-corrected chi connectivity index (χ0v) is 12.7. The van der Waals surface area contributed by atoms with Crippen LogP contribution in [0.15, 0.2) is 48.5 Å². The van der Waals surface area contributed by atoms with Crippen molar-refractivity contribution in [2.75, 3.05) is 5.32 Å². The lowest BCUT2D eigenvalue weighted by Gasteiger charge is -2.07. The van der Waals surface area contributed by atoms with E-state index in [1.54, 1.807) is 19.9 Å². The molecule has 23 heavy (non-hydrogen) atoms. The van der Waals surface area contributed by atoms with Crippen LogP contribution >= 0.6 is 0 Å². The lowest BCUT2D eigenvalue weighted by atomic mass is 10.2. The Morgan fingerprint density at radius 1 is 1.09 bits per heavy atom. The molecule has 1 N–H and O–H groups in total. The van der Waals surface area contributed by atoms with Crippen LogP contribution in [0.25, 0.3) is 5.69 Å². The van der Waals surface area contributed by atoms with E-state index in [9.17, 15) is 9.18 Å². The lowest BCUT2D eigenvalue weighted by Crippen LogP contribution is -2.15. The van der Waals surface area contributed by atoms with Crippen molar-refractivity contribution in [3.05, 3.63) is 71.3 Å². The summed E-state index contributed by atoms with van der Waals surface area (Å²) in [7, 11) is 0. The second kappa shape index (κ2) is 6.00. The molecular weight excluding hydrogens is 295 g/mol. The molecule has 1 heterocycles. The molecule has 0 atom stereocenters. The summed E-state index contributed by atoms with van der Waals surface area (Å²) in [4.78, 5) is 13.8. The molecule has 3 rings (SSSR count). The van der Waals surface area contributed by atoms with Gasteiger partial charge in [-0.3, -0.25) is 4.79 Å². The molecule has 2 aromatic carbocycles. The molecule has 116 valence electrons. The number of amides is 1. The van der Waals surface area contributed by atoms with Crippen molar-refractivity contribution >= 4 is 11.6 Å². The summed E-state index contributed by atoms with van der Waals surface area (Å²) >= 11 is 0. The molecule has 0 aliphatic heterocycles. The number of para-hydroxylation sites is 1. The van der Waals surface area contributed by atoms with E-state index in [0.717, 1.165) is 11.3 Å². The number of hydrogen-bond donors (Lipinski definition) is 1. The fourth-order valence-electron chi connectivity index (χ4n) is 2.18. The molecule has 0 fully saturated rings. The summed E-state index contributed by atoms with van der Waals surface area (Å²) in [5.41, 5.74) is 2.66. The van der Waals surface area contributed by atoms with Gasteiger partial charge < -0.3 is 5.32 Å². The van der Waals surface area contributed by atoms with E-state index >= 15 is 0 Å². The minimum Gasteiger partial charge on any atom is -0.320 e. The minimum atomic E-state index is -0.418. The van der Waals surface area contributed by atoms with E-state index in [1.165, 1.54) is 16.9 Å². The number of halogens is 1. The van der Waals surface area contributed by atoms with Gasteiger partial charge in [-0.25, -0.2) is 4.39 Å². The number of nitrogens with zero attached hydrogens (tertiary/aromatic N) is 3. The summed E-state index contributed by atoms with van der Waals surface area (Å²) in [5, 5.41) is 11.2. The predicted molar refractivity (Wildman–Crippen MR) is 85.2 cm³/mol. The highest BCUT2D eigenvalue weighted by Gasteiger charge is 2.17. The van der Waals surface area contributed by atoms with Crippen LogP contribution in [-0.4, -0.2) is 20.9 Å². The molecule has 0 saturated carbocycles. The van der Waals surface area contributed by atoms with E-state index < -0.39 is 11.7 Å². The van der Waals surface area contributed by atoms with Gasteiger partial charge in [0.25, 0.3) is 5.91 Å². The normalized spacial score (nSPS) is 10.6. The SMILES string of the molecule is Cc1ccc(F)cc1NC(=O)c1nn(-c2ccccc2)nc1C. The maximum absolute atomic E-state index is 13.3. The van der Waals surface area contributed by atoms with Crippen LogP contribution in [0.4, 0.5) is 10.1 Å². The standard InChI is InChI=1S/C17H15FN4O/c1-11-8-9-13(18)10-15(11)19-17(23)16-12(2)20-22(21-16)14-6-4-3-5-7-14/h3-10H,1-2H3,(H,19,23). The second-order valence-corrected chi connectivity index (χ2v) is 5.17. The fraction of sp³-hybridized carbons (Fsp3) is 0.118. The molecule has 5 nitrogen and oxygen atoms in total. The van der Waals surface area contributed by atoms with Crippen molar-refractivity contribution < 1.29 is 9.18 Å². The third kappa shape index (κ3) is 3.11. The van der Waals surface area contributed by atoms with E-state index in [0.29, 0.717) is 11.4 Å². The Kier molecular flexibility index (Phi) is 3.89. The highest BCUT2D eigenvalue weighted by atomic mass is 19.1. The molecule has 1 aromatic heterocycles. The first kappa shape index (κ1) is 14.9. The van der Waals surface area contributed by atoms with Gasteiger partial charge in [0.2, 0.25) is 0 Å². The van der Waals surface area contributed by atoms with Gasteiger partial charge in [0, 0.05) is 5.69 Å². The summed E-state index contributed by atoms with van der Waals surface area (Å²) in [6.07, 6.45) is 0. The van der Waals surface area contributed by atoms with Gasteiger partial charge in [0.05, 0.1) is 11.4 Å². The van der Waals surface area contributed by atoms with E-state index in [2.05, 4.69) is 15.5 Å². The zero-order chi connectivity index (χ0) is 16.4. The fourth-order valence-corrected chi connectivity index (χ4v) is 2.18. The minimum absolute atomic E-state index is 0.206. The number of aryl methyl sites for hydroxylation is 2. The van der Waals surface area contributed by atoms with Crippen molar-refractivity contribution in [3.63, 3.8) is 0 Å². The summed E-state index contributed by atoms with van der Waals surface area (Å²) in [6.45, 7) is 3.50. The Balaban J connectivity index is 1.88. The first-order chi connectivity index (χ1) is 11.0. The van der Waals surface area contributed by atoms with Gasteiger partial charge in [-0.2, -0.15) is 9.90 Å². The largest absolute Gasteiger partial charge is 0.320 e. The number of benzene rings is 2. The first-order valence-corrected chi connectivity index (χ1v) is 7.11. The average molecular weight is 310 g/mol. The van der Waals surface area contributed by atoms with Gasteiger partial charge in [0.1, 0.15) is 5.82 Å². The van der Waals surface area contributed by atoms with Crippen molar-refractivity contribution in [1.29, 1.82) is 0 Å². The number of nitrogens with one attached hydrogen (secondary N) is 1. The number of carbonyl (C=O) groups is 1. The molecule has 1 amide bonds. The summed E-state index contributed by atoms with van der Waals surface area (Å²) in [6, 6.07) is 13.5. The van der Waals surface area contributed by atoms with Crippen LogP contribution in [0, 0.1) is 19.7 Å². The number of aromatic nitrogens is 3. The molecule has 0 bridgehead atoms. The van der Waals surface area contributed by atoms with E-state index in [1.807, 2.05) is 30.3 Å². The lowest BCUT2D eigenvalue weighted by molar-refractivity contribution is 0.102. The summed E-state index contributed by atoms with van der Waals surface area (Å²) < 4.78 is 13.3. The van der Waals surface area contributed by atoms with Crippen LogP contribution in [-0.2, 0) is 0 Å². The Hall–Kier alpha value is -3.02. The molecule has 0 spiro atoms. The third-order valence-corrected chi connectivity index (χ3v) is 3.43. The van der Waals surface area contributed by atoms with Gasteiger partial charge >= 0.3 is 0 Å². The predicted octanol–water partition coefficient (Wildman–Crippen LogP) is 3.28. The van der Waals surface area contributed by atoms with Crippen molar-refractivity contribution in [2.45, 2.75) is 13.8 Å². The van der Waals surface area contributed by atoms with Crippen LogP contribution in [0.3, 0.4) is 0 Å². The van der Waals surface area contributed by atoms with Crippen LogP contribution in [0.5, 0.6) is 0 Å². The third-order valence-electron chi connectivity index (χ3n) is 3.43. The summed E-state index contributed by atoms with van der Waals surface area (Å²) in [5.74, 6) is -0.825. The van der Waals surface area contributed by atoms with Crippen molar-refractivity contribution in [2.24, 2.45) is 0 Å². The number of carbonyl (C=O) groups excluding carboxylic acids is 1. The smallest absolute Gasteiger partial charge is 0.278 e. The van der Waals surface area contributed by atoms with E-state index in [4.69, 9.17) is 0 Å². The molecule has 6 heteroatoms. The number of anilines is 1. The Bertz CT molecular complexity index is 858. The van der Waals surface area contributed by atoms with E-state index in [-0.39, 0.29) is 5.69 Å². The van der Waals surface area contributed by atoms with Crippen molar-refractivity contribution in [1.82, 2.24) is 15.0 Å². The van der Waals surface area contributed by atoms with Gasteiger partial charge in [-0.15, -0.1) is 5.10 Å². The molecule has 3 aromatic rings. The topological polar surface area (TPSA) is 59.8 Å². The monoisotopic (exact) mass is 310 g/mol. The second-order valence-electron chi connectivity index (χ2n) is 5.17. The number of hydrogen-bond acceptors (Lipinski definition) is 3.